The van der Waals surface area contributed by atoms with Crippen LogP contribution in [0.5, 0.6) is 0 Å². The number of rotatable bonds is 5. The van der Waals surface area contributed by atoms with E-state index in [-0.39, 0.29) is 12.3 Å². The molecule has 0 radical (unpaired) electrons. The van der Waals surface area contributed by atoms with Gasteiger partial charge in [0.2, 0.25) is 0 Å². The molecule has 152 valence electrons. The largest absolute Gasteiger partial charge is 0.465 e. The van der Waals surface area contributed by atoms with Crippen LogP contribution in [0.2, 0.25) is 0 Å². The number of carbonyl (C=O) groups is 2. The van der Waals surface area contributed by atoms with Gasteiger partial charge in [-0.1, -0.05) is 0 Å². The van der Waals surface area contributed by atoms with Crippen LogP contribution in [-0.2, 0) is 4.74 Å². The summed E-state index contributed by atoms with van der Waals surface area (Å²) in [5.74, 6) is 0.204. The van der Waals surface area contributed by atoms with Gasteiger partial charge in [-0.25, -0.2) is 9.78 Å². The lowest BCUT2D eigenvalue weighted by Crippen LogP contribution is -2.35. The second kappa shape index (κ2) is 8.88. The van der Waals surface area contributed by atoms with Crippen LogP contribution in [0.3, 0.4) is 0 Å². The molecule has 0 spiro atoms. The SMILES string of the molecule is COC(=O)c1c(C)[nH]c(C(=O)CN2CCCN(c3ncccc3C#N)CC2)c1C. The van der Waals surface area contributed by atoms with E-state index in [0.29, 0.717) is 47.0 Å². The van der Waals surface area contributed by atoms with Crippen molar-refractivity contribution in [1.82, 2.24) is 14.9 Å². The van der Waals surface area contributed by atoms with Gasteiger partial charge in [0.25, 0.3) is 0 Å². The van der Waals surface area contributed by atoms with Gasteiger partial charge in [0.15, 0.2) is 5.78 Å². The molecule has 0 atom stereocenters. The maximum atomic E-state index is 12.9. The molecule has 2 aromatic rings. The number of aromatic amines is 1. The number of H-pyrrole nitrogens is 1. The predicted molar refractivity (Wildman–Crippen MR) is 108 cm³/mol. The number of anilines is 1. The Bertz CT molecular complexity index is 960. The molecule has 3 heterocycles. The first-order chi connectivity index (χ1) is 14.0. The van der Waals surface area contributed by atoms with Gasteiger partial charge >= 0.3 is 5.97 Å². The minimum atomic E-state index is -0.440. The Morgan fingerprint density at radius 1 is 1.28 bits per heavy atom. The molecule has 0 aliphatic carbocycles. The highest BCUT2D eigenvalue weighted by atomic mass is 16.5. The summed E-state index contributed by atoms with van der Waals surface area (Å²) >= 11 is 0. The molecular formula is C21H25N5O3. The lowest BCUT2D eigenvalue weighted by atomic mass is 10.1. The normalized spacial score (nSPS) is 14.9. The van der Waals surface area contributed by atoms with Gasteiger partial charge < -0.3 is 14.6 Å². The van der Waals surface area contributed by atoms with Crippen LogP contribution in [0, 0.1) is 25.2 Å². The van der Waals surface area contributed by atoms with Crippen LogP contribution in [0.1, 0.15) is 44.1 Å². The Hall–Kier alpha value is -3.18. The van der Waals surface area contributed by atoms with E-state index in [1.54, 1.807) is 32.2 Å². The molecule has 2 aromatic heterocycles. The zero-order chi connectivity index (χ0) is 21.0. The summed E-state index contributed by atoms with van der Waals surface area (Å²) in [7, 11) is 1.33. The number of Topliss-reactive ketones (excluding diaryl/α,β-unsaturated/α-hetero) is 1. The maximum Gasteiger partial charge on any atom is 0.339 e. The minimum absolute atomic E-state index is 0.0512. The number of methoxy groups -OCH3 is 1. The number of carbonyl (C=O) groups excluding carboxylic acids is 2. The molecular weight excluding hydrogens is 370 g/mol. The molecule has 1 fully saturated rings. The summed E-state index contributed by atoms with van der Waals surface area (Å²) in [5.41, 5.74) is 2.71. The number of esters is 1. The molecule has 0 amide bonds. The van der Waals surface area contributed by atoms with Crippen molar-refractivity contribution in [3.63, 3.8) is 0 Å². The van der Waals surface area contributed by atoms with Crippen LogP contribution >= 0.6 is 0 Å². The Labute approximate surface area is 170 Å². The Morgan fingerprint density at radius 3 is 2.79 bits per heavy atom. The summed E-state index contributed by atoms with van der Waals surface area (Å²) in [6.07, 6.45) is 2.56. The molecule has 8 nitrogen and oxygen atoms in total. The van der Waals surface area contributed by atoms with E-state index in [2.05, 4.69) is 25.8 Å². The van der Waals surface area contributed by atoms with E-state index in [4.69, 9.17) is 4.74 Å². The first-order valence-electron chi connectivity index (χ1n) is 9.59. The third-order valence-electron chi connectivity index (χ3n) is 5.27. The van der Waals surface area contributed by atoms with E-state index in [1.807, 2.05) is 0 Å². The highest BCUT2D eigenvalue weighted by Crippen LogP contribution is 2.21. The van der Waals surface area contributed by atoms with Crippen molar-refractivity contribution in [2.24, 2.45) is 0 Å². The number of nitrogens with one attached hydrogen (secondary N) is 1. The van der Waals surface area contributed by atoms with E-state index >= 15 is 0 Å². The second-order valence-corrected chi connectivity index (χ2v) is 7.14. The summed E-state index contributed by atoms with van der Waals surface area (Å²) < 4.78 is 4.82. The summed E-state index contributed by atoms with van der Waals surface area (Å²) in [6.45, 7) is 6.73. The number of pyridine rings is 1. The number of nitrogens with zero attached hydrogens (tertiary/aromatic N) is 4. The molecule has 1 aliphatic heterocycles. The lowest BCUT2D eigenvalue weighted by Gasteiger charge is -2.23. The molecule has 1 saturated heterocycles. The van der Waals surface area contributed by atoms with Gasteiger partial charge in [0.05, 0.1) is 30.5 Å². The van der Waals surface area contributed by atoms with Crippen LogP contribution in [0.25, 0.3) is 0 Å². The zero-order valence-corrected chi connectivity index (χ0v) is 17.0. The van der Waals surface area contributed by atoms with Gasteiger partial charge in [-0.05, 0) is 38.0 Å². The van der Waals surface area contributed by atoms with E-state index in [1.165, 1.54) is 7.11 Å². The number of ether oxygens (including phenoxy) is 1. The molecule has 3 rings (SSSR count). The molecule has 0 saturated carbocycles. The predicted octanol–water partition coefficient (Wildman–Crippen LogP) is 2.08. The Morgan fingerprint density at radius 2 is 2.07 bits per heavy atom. The monoisotopic (exact) mass is 395 g/mol. The van der Waals surface area contributed by atoms with Gasteiger partial charge in [0.1, 0.15) is 11.9 Å². The highest BCUT2D eigenvalue weighted by Gasteiger charge is 2.25. The Kier molecular flexibility index (Phi) is 6.29. The van der Waals surface area contributed by atoms with E-state index in [9.17, 15) is 14.9 Å². The Balaban J connectivity index is 1.69. The van der Waals surface area contributed by atoms with Crippen molar-refractivity contribution >= 4 is 17.6 Å². The van der Waals surface area contributed by atoms with Gasteiger partial charge in [-0.15, -0.1) is 0 Å². The average Bonchev–Trinajstić information content (AvgIpc) is 2.88. The van der Waals surface area contributed by atoms with Crippen molar-refractivity contribution in [2.75, 3.05) is 44.7 Å². The van der Waals surface area contributed by atoms with Crippen LogP contribution in [0.15, 0.2) is 18.3 Å². The molecule has 8 heteroatoms. The quantitative estimate of drug-likeness (QED) is 0.611. The third-order valence-corrected chi connectivity index (χ3v) is 5.27. The lowest BCUT2D eigenvalue weighted by molar-refractivity contribution is 0.0599. The number of hydrogen-bond acceptors (Lipinski definition) is 7. The van der Waals surface area contributed by atoms with Crippen molar-refractivity contribution in [2.45, 2.75) is 20.3 Å². The molecule has 1 aliphatic rings. The maximum absolute atomic E-state index is 12.9. The fourth-order valence-electron chi connectivity index (χ4n) is 3.80. The summed E-state index contributed by atoms with van der Waals surface area (Å²) in [6, 6.07) is 5.72. The van der Waals surface area contributed by atoms with Crippen molar-refractivity contribution in [3.05, 3.63) is 46.4 Å². The first kappa shape index (κ1) is 20.6. The second-order valence-electron chi connectivity index (χ2n) is 7.14. The van der Waals surface area contributed by atoms with E-state index in [0.717, 1.165) is 19.5 Å². The van der Waals surface area contributed by atoms with Crippen LogP contribution in [0.4, 0.5) is 5.82 Å². The van der Waals surface area contributed by atoms with Crippen molar-refractivity contribution in [3.8, 4) is 6.07 Å². The summed E-state index contributed by atoms with van der Waals surface area (Å²) in [4.78, 5) is 36.4. The molecule has 1 N–H and O–H groups in total. The molecule has 0 unspecified atom stereocenters. The smallest absolute Gasteiger partial charge is 0.339 e. The third kappa shape index (κ3) is 4.30. The number of aromatic nitrogens is 2. The molecule has 0 aromatic carbocycles. The number of nitriles is 1. The molecule has 29 heavy (non-hydrogen) atoms. The average molecular weight is 395 g/mol. The van der Waals surface area contributed by atoms with Crippen molar-refractivity contribution < 1.29 is 14.3 Å². The standard InChI is InChI=1S/C21H25N5O3/c1-14-18(21(28)29-3)15(2)24-19(14)17(27)13-25-8-5-9-26(11-10-25)20-16(12-22)6-4-7-23-20/h4,6-7,24H,5,8-11,13H2,1-3H3. The van der Waals surface area contributed by atoms with Gasteiger partial charge in [-0.2, -0.15) is 5.26 Å². The fourth-order valence-corrected chi connectivity index (χ4v) is 3.80. The zero-order valence-electron chi connectivity index (χ0n) is 17.0. The van der Waals surface area contributed by atoms with Gasteiger partial charge in [-0.3, -0.25) is 9.69 Å². The first-order valence-corrected chi connectivity index (χ1v) is 9.59. The minimum Gasteiger partial charge on any atom is -0.465 e. The summed E-state index contributed by atoms with van der Waals surface area (Å²) in [5, 5.41) is 9.32. The van der Waals surface area contributed by atoms with Crippen LogP contribution in [-0.4, -0.2) is 66.5 Å². The van der Waals surface area contributed by atoms with Crippen LogP contribution < -0.4 is 4.90 Å². The van der Waals surface area contributed by atoms with E-state index < -0.39 is 5.97 Å². The van der Waals surface area contributed by atoms with Crippen molar-refractivity contribution in [1.29, 1.82) is 5.26 Å². The fraction of sp³-hybridized carbons (Fsp3) is 0.429. The number of aryl methyl sites for hydroxylation is 1. The number of ketones is 1. The van der Waals surface area contributed by atoms with Gasteiger partial charge in [0, 0.05) is 38.1 Å². The molecule has 0 bridgehead atoms. The number of hydrogen-bond donors (Lipinski definition) is 1. The highest BCUT2D eigenvalue weighted by molar-refractivity contribution is 6.02. The topological polar surface area (TPSA) is 102 Å².